The molecule has 0 aliphatic heterocycles. The predicted octanol–water partition coefficient (Wildman–Crippen LogP) is 0.804. The molecule has 0 atom stereocenters. The van der Waals surface area contributed by atoms with Gasteiger partial charge in [0.15, 0.2) is 5.75 Å². The lowest BCUT2D eigenvalue weighted by molar-refractivity contribution is 0.411. The van der Waals surface area contributed by atoms with Crippen LogP contribution < -0.4 is 4.74 Å². The van der Waals surface area contributed by atoms with Crippen molar-refractivity contribution >= 4 is 17.8 Å². The highest BCUT2D eigenvalue weighted by atomic mass is 32.1. The van der Waals surface area contributed by atoms with Gasteiger partial charge < -0.3 is 4.74 Å². The van der Waals surface area contributed by atoms with E-state index in [2.05, 4.69) is 4.37 Å². The van der Waals surface area contributed by atoms with E-state index < -0.39 is 0 Å². The van der Waals surface area contributed by atoms with Crippen molar-refractivity contribution in [2.24, 2.45) is 0 Å². The minimum absolute atomic E-state index is 0.215. The highest BCUT2D eigenvalue weighted by Crippen LogP contribution is 2.18. The van der Waals surface area contributed by atoms with Gasteiger partial charge in [-0.3, -0.25) is 4.79 Å². The van der Waals surface area contributed by atoms with Crippen LogP contribution >= 0.6 is 11.5 Å². The first-order chi connectivity index (χ1) is 4.88. The first kappa shape index (κ1) is 7.21. The molecule has 0 fully saturated rings. The van der Waals surface area contributed by atoms with Crippen LogP contribution in [0.1, 0.15) is 5.69 Å². The zero-order chi connectivity index (χ0) is 7.40. The minimum atomic E-state index is 0.215. The van der Waals surface area contributed by atoms with Crippen molar-refractivity contribution in [3.63, 3.8) is 0 Å². The summed E-state index contributed by atoms with van der Waals surface area (Å²) in [5.74, 6) is 0.674. The smallest absolute Gasteiger partial charge is 0.204 e. The molecule has 1 heterocycles. The van der Waals surface area contributed by atoms with Crippen molar-refractivity contribution in [2.75, 3.05) is 7.11 Å². The van der Waals surface area contributed by atoms with Crippen LogP contribution in [-0.4, -0.2) is 17.8 Å². The average Bonchev–Trinajstić information content (AvgIpc) is 2.36. The molecule has 0 aliphatic rings. The van der Waals surface area contributed by atoms with Crippen molar-refractivity contribution in [1.82, 2.24) is 4.37 Å². The second kappa shape index (κ2) is 3.31. The molecule has 0 aliphatic carbocycles. The van der Waals surface area contributed by atoms with Gasteiger partial charge in [-0.15, -0.1) is 0 Å². The molecule has 4 heteroatoms. The van der Waals surface area contributed by atoms with Crippen molar-refractivity contribution in [3.05, 3.63) is 11.1 Å². The Bertz CT molecular complexity index is 221. The molecule has 53 valence electrons. The summed E-state index contributed by atoms with van der Waals surface area (Å²) >= 11 is 1.28. The Morgan fingerprint density at radius 2 is 2.70 bits per heavy atom. The quantitative estimate of drug-likeness (QED) is 0.650. The number of carbonyl (C=O) groups excluding carboxylic acids is 1. The molecular weight excluding hydrogens is 150 g/mol. The Balaban J connectivity index is 2.79. The third kappa shape index (κ3) is 1.33. The second-order valence-electron chi connectivity index (χ2n) is 1.65. The van der Waals surface area contributed by atoms with Gasteiger partial charge in [0, 0.05) is 0 Å². The maximum absolute atomic E-state index is 9.92. The van der Waals surface area contributed by atoms with E-state index in [9.17, 15) is 4.79 Å². The van der Waals surface area contributed by atoms with E-state index in [-0.39, 0.29) is 6.42 Å². The summed E-state index contributed by atoms with van der Waals surface area (Å²) < 4.78 is 8.84. The van der Waals surface area contributed by atoms with E-state index in [1.807, 2.05) is 0 Å². The first-order valence-corrected chi connectivity index (χ1v) is 3.54. The number of methoxy groups -OCH3 is 1. The van der Waals surface area contributed by atoms with Crippen LogP contribution in [-0.2, 0) is 11.2 Å². The Morgan fingerprint density at radius 1 is 1.90 bits per heavy atom. The molecule has 0 spiro atoms. The minimum Gasteiger partial charge on any atom is -0.494 e. The van der Waals surface area contributed by atoms with Gasteiger partial charge in [-0.2, -0.15) is 4.37 Å². The molecule has 0 N–H and O–H groups in total. The Kier molecular flexibility index (Phi) is 2.39. The summed E-state index contributed by atoms with van der Waals surface area (Å²) in [6.45, 7) is 0. The largest absolute Gasteiger partial charge is 0.494 e. The number of nitrogens with zero attached hydrogens (tertiary/aromatic N) is 1. The molecule has 1 radical (unpaired) electrons. The van der Waals surface area contributed by atoms with E-state index in [4.69, 9.17) is 4.74 Å². The summed E-state index contributed by atoms with van der Waals surface area (Å²) in [5, 5.41) is 1.76. The summed E-state index contributed by atoms with van der Waals surface area (Å²) in [5.41, 5.74) is 0.669. The molecule has 1 rings (SSSR count). The molecule has 0 unspecified atom stereocenters. The molecule has 10 heavy (non-hydrogen) atoms. The fourth-order valence-electron chi connectivity index (χ4n) is 0.605. The maximum atomic E-state index is 9.92. The molecule has 3 nitrogen and oxygen atoms in total. The molecule has 0 saturated carbocycles. The fourth-order valence-corrected chi connectivity index (χ4v) is 1.27. The van der Waals surface area contributed by atoms with Crippen LogP contribution in [0.4, 0.5) is 0 Å². The number of aromatic nitrogens is 1. The summed E-state index contributed by atoms with van der Waals surface area (Å²) in [6, 6.07) is 0. The molecular formula is C6H6NO2S. The number of hydrogen-bond acceptors (Lipinski definition) is 4. The van der Waals surface area contributed by atoms with Crippen LogP contribution in [0.2, 0.25) is 0 Å². The number of hydrogen-bond donors (Lipinski definition) is 0. The van der Waals surface area contributed by atoms with E-state index in [0.717, 1.165) is 0 Å². The van der Waals surface area contributed by atoms with Gasteiger partial charge in [0.2, 0.25) is 6.29 Å². The lowest BCUT2D eigenvalue weighted by atomic mass is 10.3. The van der Waals surface area contributed by atoms with Crippen molar-refractivity contribution in [3.8, 4) is 5.75 Å². The van der Waals surface area contributed by atoms with Crippen molar-refractivity contribution < 1.29 is 9.53 Å². The summed E-state index contributed by atoms with van der Waals surface area (Å²) in [7, 11) is 1.55. The Hall–Kier alpha value is -0.900. The highest BCUT2D eigenvalue weighted by Gasteiger charge is 2.03. The fraction of sp³-hybridized carbons (Fsp3) is 0.333. The third-order valence-electron chi connectivity index (χ3n) is 1.07. The third-order valence-corrected chi connectivity index (χ3v) is 1.71. The Labute approximate surface area is 62.8 Å². The van der Waals surface area contributed by atoms with Crippen LogP contribution in [0, 0.1) is 0 Å². The Morgan fingerprint density at radius 3 is 3.30 bits per heavy atom. The summed E-state index contributed by atoms with van der Waals surface area (Å²) in [6.07, 6.45) is 1.97. The lowest BCUT2D eigenvalue weighted by Gasteiger charge is -1.93. The normalized spacial score (nSPS) is 9.30. The molecule has 0 aromatic carbocycles. The zero-order valence-corrected chi connectivity index (χ0v) is 6.27. The molecule has 1 aromatic rings. The molecule has 0 bridgehead atoms. The van der Waals surface area contributed by atoms with Gasteiger partial charge in [-0.1, -0.05) is 0 Å². The van der Waals surface area contributed by atoms with E-state index in [1.165, 1.54) is 11.5 Å². The lowest BCUT2D eigenvalue weighted by Crippen LogP contribution is -1.89. The van der Waals surface area contributed by atoms with E-state index >= 15 is 0 Å². The standard InChI is InChI=1S/C6H6NO2S/c1-9-6-4-10-7-5(6)2-3-8/h4H,2H2,1H3. The zero-order valence-electron chi connectivity index (χ0n) is 5.46. The van der Waals surface area contributed by atoms with Crippen LogP contribution in [0.25, 0.3) is 0 Å². The number of rotatable bonds is 3. The topological polar surface area (TPSA) is 39.2 Å². The van der Waals surface area contributed by atoms with Crippen LogP contribution in [0.5, 0.6) is 5.75 Å². The van der Waals surface area contributed by atoms with E-state index in [0.29, 0.717) is 11.4 Å². The highest BCUT2D eigenvalue weighted by molar-refractivity contribution is 7.03. The van der Waals surface area contributed by atoms with E-state index in [1.54, 1.807) is 18.8 Å². The number of ether oxygens (including phenoxy) is 1. The second-order valence-corrected chi connectivity index (χ2v) is 2.28. The summed E-state index contributed by atoms with van der Waals surface area (Å²) in [4.78, 5) is 9.92. The van der Waals surface area contributed by atoms with Crippen LogP contribution in [0.15, 0.2) is 5.38 Å². The van der Waals surface area contributed by atoms with Gasteiger partial charge in [-0.05, 0) is 11.5 Å². The van der Waals surface area contributed by atoms with Gasteiger partial charge in [-0.25, -0.2) is 0 Å². The first-order valence-electron chi connectivity index (χ1n) is 2.70. The van der Waals surface area contributed by atoms with Gasteiger partial charge in [0.25, 0.3) is 0 Å². The van der Waals surface area contributed by atoms with Gasteiger partial charge >= 0.3 is 0 Å². The van der Waals surface area contributed by atoms with Gasteiger partial charge in [0.1, 0.15) is 5.69 Å². The molecule has 0 amide bonds. The SMILES string of the molecule is COc1csnc1C[C]=O. The molecule has 0 saturated heterocycles. The van der Waals surface area contributed by atoms with Crippen molar-refractivity contribution in [2.45, 2.75) is 6.42 Å². The predicted molar refractivity (Wildman–Crippen MR) is 38.1 cm³/mol. The van der Waals surface area contributed by atoms with Crippen LogP contribution in [0.3, 0.4) is 0 Å². The van der Waals surface area contributed by atoms with Crippen molar-refractivity contribution in [1.29, 1.82) is 0 Å². The average molecular weight is 156 g/mol. The maximum Gasteiger partial charge on any atom is 0.204 e. The monoisotopic (exact) mass is 156 g/mol. The van der Waals surface area contributed by atoms with Gasteiger partial charge in [0.05, 0.1) is 18.9 Å². The molecule has 1 aromatic heterocycles.